The van der Waals surface area contributed by atoms with Gasteiger partial charge in [0.15, 0.2) is 0 Å². The summed E-state index contributed by atoms with van der Waals surface area (Å²) in [5, 5.41) is 8.34. The molecule has 18 heteroatoms. The second-order valence-corrected chi connectivity index (χ2v) is 18.2. The number of rotatable bonds is 49. The monoisotopic (exact) mass is 1130 g/mol. The Morgan fingerprint density at radius 3 is 0.922 bits per heavy atom. The number of hydrogen-bond donors (Lipinski definition) is 1. The molecule has 0 aromatic carbocycles. The van der Waals surface area contributed by atoms with Crippen LogP contribution in [0.1, 0.15) is 155 Å². The summed E-state index contributed by atoms with van der Waals surface area (Å²) in [6.07, 6.45) is 9.17. The molecule has 0 aliphatic carbocycles. The summed E-state index contributed by atoms with van der Waals surface area (Å²) in [6.45, 7) is 48.8. The highest BCUT2D eigenvalue weighted by atomic mass is 16.9. The molecule has 476 valence electrons. The van der Waals surface area contributed by atoms with E-state index in [0.717, 1.165) is 144 Å². The van der Waals surface area contributed by atoms with Crippen molar-refractivity contribution in [3.8, 4) is 0 Å². The summed E-state index contributed by atoms with van der Waals surface area (Å²) in [5.41, 5.74) is 0. The molecule has 0 aromatic rings. The Hall–Kier alpha value is -0.720. The second-order valence-electron chi connectivity index (χ2n) is 18.2. The molecule has 0 saturated heterocycles. The number of unbranched alkanes of at least 4 members (excludes halogenated alkanes) is 2. The number of aliphatic hydroxyl groups is 1. The molecular weight excluding hydrogens is 997 g/mol. The van der Waals surface area contributed by atoms with Crippen molar-refractivity contribution in [3.63, 3.8) is 0 Å². The normalized spacial score (nSPS) is 12.0. The van der Waals surface area contributed by atoms with Gasteiger partial charge in [-0.1, -0.05) is 89.0 Å². The minimum absolute atomic E-state index is 0.0922. The van der Waals surface area contributed by atoms with Gasteiger partial charge in [-0.3, -0.25) is 0 Å². The lowest BCUT2D eigenvalue weighted by atomic mass is 10.1. The van der Waals surface area contributed by atoms with Gasteiger partial charge in [0.2, 0.25) is 0 Å². The number of ether oxygens (including phenoxy) is 17. The van der Waals surface area contributed by atoms with Gasteiger partial charge >= 0.3 is 0 Å². The molecule has 0 amide bonds. The van der Waals surface area contributed by atoms with Gasteiger partial charge in [0.1, 0.15) is 0 Å². The van der Waals surface area contributed by atoms with Crippen LogP contribution in [0.4, 0.5) is 0 Å². The van der Waals surface area contributed by atoms with Crippen LogP contribution in [-0.2, 0) is 80.5 Å². The van der Waals surface area contributed by atoms with Crippen LogP contribution in [0.25, 0.3) is 0 Å². The van der Waals surface area contributed by atoms with Crippen molar-refractivity contribution < 1.29 is 85.6 Å². The van der Waals surface area contributed by atoms with Crippen molar-refractivity contribution in [2.24, 2.45) is 17.8 Å². The van der Waals surface area contributed by atoms with Crippen molar-refractivity contribution >= 4 is 0 Å². The Kier molecular flexibility index (Phi) is 98.4. The first-order valence-corrected chi connectivity index (χ1v) is 29.4. The van der Waals surface area contributed by atoms with Crippen molar-refractivity contribution in [2.45, 2.75) is 173 Å². The summed E-state index contributed by atoms with van der Waals surface area (Å²) in [5.74, 6) is 0.610. The van der Waals surface area contributed by atoms with E-state index in [2.05, 4.69) is 69.2 Å². The number of aliphatic hydroxyl groups excluding tert-OH is 1. The Morgan fingerprint density at radius 2 is 0.662 bits per heavy atom. The molecular formula is C59H132O18. The predicted molar refractivity (Wildman–Crippen MR) is 315 cm³/mol. The largest absolute Gasteiger partial charge is 0.394 e. The van der Waals surface area contributed by atoms with E-state index in [0.29, 0.717) is 71.3 Å². The lowest BCUT2D eigenvalue weighted by Crippen LogP contribution is -2.42. The van der Waals surface area contributed by atoms with Crippen molar-refractivity contribution in [1.82, 2.24) is 0 Å². The zero-order chi connectivity index (χ0) is 59.7. The van der Waals surface area contributed by atoms with Gasteiger partial charge in [-0.2, -0.15) is 0 Å². The molecule has 0 bridgehead atoms. The first kappa shape index (κ1) is 90.1. The van der Waals surface area contributed by atoms with Gasteiger partial charge in [-0.25, -0.2) is 0 Å². The maximum absolute atomic E-state index is 8.34. The molecule has 0 rings (SSSR count). The summed E-state index contributed by atoms with van der Waals surface area (Å²) in [7, 11) is 8.09. The van der Waals surface area contributed by atoms with E-state index in [1.165, 1.54) is 6.42 Å². The van der Waals surface area contributed by atoms with Gasteiger partial charge in [0, 0.05) is 101 Å². The molecule has 0 aromatic heterocycles. The number of methoxy groups -OCH3 is 5. The summed E-state index contributed by atoms with van der Waals surface area (Å²) < 4.78 is 87.9. The topological polar surface area (TPSA) is 177 Å². The average Bonchev–Trinajstić information content (AvgIpc) is 3.43. The molecule has 0 heterocycles. The maximum atomic E-state index is 8.34. The van der Waals surface area contributed by atoms with Crippen LogP contribution in [0, 0.1) is 17.8 Å². The second kappa shape index (κ2) is 84.1. The Labute approximate surface area is 476 Å². The van der Waals surface area contributed by atoms with E-state index in [4.69, 9.17) is 85.6 Å². The van der Waals surface area contributed by atoms with Gasteiger partial charge in [-0.15, -0.1) is 0 Å². The highest BCUT2D eigenvalue weighted by Crippen LogP contribution is 2.25. The lowest BCUT2D eigenvalue weighted by Gasteiger charge is -2.33. The molecule has 3 atom stereocenters. The van der Waals surface area contributed by atoms with E-state index < -0.39 is 5.97 Å². The highest BCUT2D eigenvalue weighted by Gasteiger charge is 2.35. The van der Waals surface area contributed by atoms with Crippen LogP contribution in [0.2, 0.25) is 0 Å². The fraction of sp³-hybridized carbons (Fsp3) is 1.00. The van der Waals surface area contributed by atoms with E-state index in [1.807, 2.05) is 34.6 Å². The summed E-state index contributed by atoms with van der Waals surface area (Å²) >= 11 is 0. The van der Waals surface area contributed by atoms with E-state index >= 15 is 0 Å². The number of hydrogen-bond acceptors (Lipinski definition) is 18. The van der Waals surface area contributed by atoms with Crippen molar-refractivity contribution in [2.75, 3.05) is 201 Å². The minimum Gasteiger partial charge on any atom is -0.394 e. The Bertz CT molecular complexity index is 829. The van der Waals surface area contributed by atoms with Gasteiger partial charge in [0.05, 0.1) is 118 Å². The smallest absolute Gasteiger partial charge is 0.284 e. The lowest BCUT2D eigenvalue weighted by molar-refractivity contribution is -0.376. The third kappa shape index (κ3) is 92.0. The standard InChI is InChI=1S/3C9H20O2.4C8H18O3/c2*1-4-5-10-6-7-11-8-9(2)3;1-3-5-7-11-9-8-10-6-4-2;1-7(10-4)6-11-8(2)5-9-3;1-6-7(2)8(9-3,10-4)11-5;1-3-9-5-7-11-8-6-10-4-2;1-2-3-5-10-7-8-11-6-4-9/h2*9H,4-8H2,1-3H3;3-9H2,1-2H3;7-8H,5-6H2,1-4H3;7H,6H2,1-5H3;3-8H2,1-2H3;9H,2-8H2,1H3. The highest BCUT2D eigenvalue weighted by molar-refractivity contribution is 4.63. The molecule has 0 spiro atoms. The van der Waals surface area contributed by atoms with Crippen LogP contribution in [0.5, 0.6) is 0 Å². The fourth-order valence-electron chi connectivity index (χ4n) is 5.09. The third-order valence-electron chi connectivity index (χ3n) is 9.60. The quantitative estimate of drug-likeness (QED) is 0.0449. The summed E-state index contributed by atoms with van der Waals surface area (Å²) in [4.78, 5) is 0. The molecule has 0 aliphatic rings. The van der Waals surface area contributed by atoms with Crippen LogP contribution in [0.15, 0.2) is 0 Å². The van der Waals surface area contributed by atoms with Crippen molar-refractivity contribution in [1.29, 1.82) is 0 Å². The molecule has 1 N–H and O–H groups in total. The zero-order valence-electron chi connectivity index (χ0n) is 54.1. The van der Waals surface area contributed by atoms with E-state index in [9.17, 15) is 0 Å². The molecule has 0 radical (unpaired) electrons. The molecule has 0 aliphatic heterocycles. The maximum Gasteiger partial charge on any atom is 0.284 e. The van der Waals surface area contributed by atoms with E-state index in [1.54, 1.807) is 35.5 Å². The molecule has 0 fully saturated rings. The van der Waals surface area contributed by atoms with Gasteiger partial charge in [0.25, 0.3) is 5.97 Å². The summed E-state index contributed by atoms with van der Waals surface area (Å²) in [6, 6.07) is 0. The van der Waals surface area contributed by atoms with Crippen LogP contribution < -0.4 is 0 Å². The predicted octanol–water partition coefficient (Wildman–Crippen LogP) is 11.0. The minimum atomic E-state index is -0.866. The molecule has 3 unspecified atom stereocenters. The molecule has 18 nitrogen and oxygen atoms in total. The molecule has 77 heavy (non-hydrogen) atoms. The van der Waals surface area contributed by atoms with Crippen LogP contribution in [0.3, 0.4) is 0 Å². The molecule has 0 saturated carbocycles. The Morgan fingerprint density at radius 1 is 0.338 bits per heavy atom. The zero-order valence-corrected chi connectivity index (χ0v) is 54.1. The average molecular weight is 1130 g/mol. The van der Waals surface area contributed by atoms with Gasteiger partial charge < -0.3 is 85.6 Å². The van der Waals surface area contributed by atoms with Crippen molar-refractivity contribution in [3.05, 3.63) is 0 Å². The van der Waals surface area contributed by atoms with Crippen LogP contribution >= 0.6 is 0 Å². The first-order chi connectivity index (χ1) is 37.1. The van der Waals surface area contributed by atoms with Crippen LogP contribution in [-0.4, -0.2) is 224 Å². The van der Waals surface area contributed by atoms with Gasteiger partial charge in [-0.05, 0) is 78.1 Å². The Balaban J connectivity index is -0.000000148. The third-order valence-corrected chi connectivity index (χ3v) is 9.60. The SMILES string of the molecule is CCC(C)C(OC)(OC)OC.CCCCOCCOCCC.CCCCOCCOCCO.CCCOCCOCC(C)C.CCCOCCOCC(C)C.CCOCCOCCOCC.COCC(C)OCC(C)OC. The van der Waals surface area contributed by atoms with E-state index in [-0.39, 0.29) is 24.7 Å². The first-order valence-electron chi connectivity index (χ1n) is 29.4. The fourth-order valence-corrected chi connectivity index (χ4v) is 5.09.